The number of benzene rings is 1. The SMILES string of the molecule is CC(Nc1ccc(C#N)c([N+](=O)[O-])c1)C(=O)N1CCCC1. The van der Waals surface area contributed by atoms with Gasteiger partial charge in [-0.3, -0.25) is 14.9 Å². The molecule has 21 heavy (non-hydrogen) atoms. The second kappa shape index (κ2) is 6.22. The van der Waals surface area contributed by atoms with Gasteiger partial charge in [0.05, 0.1) is 4.92 Å². The van der Waals surface area contributed by atoms with Gasteiger partial charge in [-0.25, -0.2) is 0 Å². The van der Waals surface area contributed by atoms with Crippen LogP contribution in [-0.2, 0) is 4.79 Å². The summed E-state index contributed by atoms with van der Waals surface area (Å²) in [5.74, 6) is -0.0143. The second-order valence-corrected chi connectivity index (χ2v) is 5.00. The fourth-order valence-electron chi connectivity index (χ4n) is 2.39. The summed E-state index contributed by atoms with van der Waals surface area (Å²) >= 11 is 0. The van der Waals surface area contributed by atoms with E-state index in [1.807, 2.05) is 0 Å². The van der Waals surface area contributed by atoms with Crippen molar-refractivity contribution in [2.24, 2.45) is 0 Å². The van der Waals surface area contributed by atoms with Gasteiger partial charge in [0.1, 0.15) is 17.7 Å². The summed E-state index contributed by atoms with van der Waals surface area (Å²) in [6.45, 7) is 3.25. The molecule has 1 unspecified atom stereocenters. The van der Waals surface area contributed by atoms with Crippen molar-refractivity contribution in [2.75, 3.05) is 18.4 Å². The Labute approximate surface area is 122 Å². The van der Waals surface area contributed by atoms with Gasteiger partial charge in [0.25, 0.3) is 5.69 Å². The lowest BCUT2D eigenvalue weighted by molar-refractivity contribution is -0.385. The van der Waals surface area contributed by atoms with Crippen molar-refractivity contribution in [3.8, 4) is 6.07 Å². The molecule has 110 valence electrons. The number of hydrogen-bond acceptors (Lipinski definition) is 5. The second-order valence-electron chi connectivity index (χ2n) is 5.00. The average molecular weight is 288 g/mol. The number of likely N-dealkylation sites (tertiary alicyclic amines) is 1. The van der Waals surface area contributed by atoms with Crippen LogP contribution in [0.5, 0.6) is 0 Å². The third-order valence-corrected chi connectivity index (χ3v) is 3.49. The summed E-state index contributed by atoms with van der Waals surface area (Å²) < 4.78 is 0. The molecule has 1 aliphatic heterocycles. The molecule has 1 fully saturated rings. The lowest BCUT2D eigenvalue weighted by Crippen LogP contribution is -2.39. The predicted molar refractivity (Wildman–Crippen MR) is 76.7 cm³/mol. The predicted octanol–water partition coefficient (Wildman–Crippen LogP) is 1.89. The van der Waals surface area contributed by atoms with Gasteiger partial charge in [0.15, 0.2) is 0 Å². The van der Waals surface area contributed by atoms with E-state index in [0.717, 1.165) is 25.9 Å². The first-order valence-electron chi connectivity index (χ1n) is 6.77. The molecule has 1 aromatic rings. The van der Waals surface area contributed by atoms with E-state index >= 15 is 0 Å². The maximum Gasteiger partial charge on any atom is 0.289 e. The van der Waals surface area contributed by atoms with Crippen molar-refractivity contribution in [1.29, 1.82) is 5.26 Å². The Morgan fingerprint density at radius 2 is 2.14 bits per heavy atom. The Morgan fingerprint density at radius 1 is 1.48 bits per heavy atom. The number of nitrogens with one attached hydrogen (secondary N) is 1. The van der Waals surface area contributed by atoms with E-state index in [2.05, 4.69) is 5.32 Å². The number of carbonyl (C=O) groups is 1. The summed E-state index contributed by atoms with van der Waals surface area (Å²) in [7, 11) is 0. The first-order chi connectivity index (χ1) is 10.0. The normalized spacial score (nSPS) is 15.3. The first kappa shape index (κ1) is 14.8. The summed E-state index contributed by atoms with van der Waals surface area (Å²) in [6, 6.07) is 5.55. The lowest BCUT2D eigenvalue weighted by atomic mass is 10.1. The number of hydrogen-bond donors (Lipinski definition) is 1. The number of rotatable bonds is 4. The number of amides is 1. The zero-order chi connectivity index (χ0) is 15.4. The Morgan fingerprint density at radius 3 is 2.71 bits per heavy atom. The smallest absolute Gasteiger partial charge is 0.289 e. The van der Waals surface area contributed by atoms with Gasteiger partial charge in [-0.1, -0.05) is 0 Å². The van der Waals surface area contributed by atoms with Gasteiger partial charge >= 0.3 is 0 Å². The number of anilines is 1. The van der Waals surface area contributed by atoms with E-state index in [4.69, 9.17) is 5.26 Å². The number of nitrogens with zero attached hydrogens (tertiary/aromatic N) is 3. The molecule has 7 nitrogen and oxygen atoms in total. The Bertz CT molecular complexity index is 603. The molecule has 7 heteroatoms. The average Bonchev–Trinajstić information content (AvgIpc) is 3.00. The topological polar surface area (TPSA) is 99.3 Å². The van der Waals surface area contributed by atoms with Crippen LogP contribution in [0, 0.1) is 21.4 Å². The zero-order valence-corrected chi connectivity index (χ0v) is 11.7. The van der Waals surface area contributed by atoms with E-state index < -0.39 is 11.0 Å². The van der Waals surface area contributed by atoms with Crippen molar-refractivity contribution in [3.05, 3.63) is 33.9 Å². The fourth-order valence-corrected chi connectivity index (χ4v) is 2.39. The third-order valence-electron chi connectivity index (χ3n) is 3.49. The maximum atomic E-state index is 12.2. The van der Waals surface area contributed by atoms with Crippen LogP contribution < -0.4 is 5.32 Å². The molecule has 0 aliphatic carbocycles. The molecule has 0 aromatic heterocycles. The monoisotopic (exact) mass is 288 g/mol. The molecule has 1 heterocycles. The van der Waals surface area contributed by atoms with Crippen molar-refractivity contribution >= 4 is 17.3 Å². The standard InChI is InChI=1S/C14H16N4O3/c1-10(14(19)17-6-2-3-7-17)16-12-5-4-11(9-15)13(8-12)18(20)21/h4-5,8,10,16H,2-3,6-7H2,1H3. The molecule has 1 amide bonds. The molecule has 1 N–H and O–H groups in total. The van der Waals surface area contributed by atoms with Crippen LogP contribution in [0.3, 0.4) is 0 Å². The van der Waals surface area contributed by atoms with Gasteiger partial charge in [-0.15, -0.1) is 0 Å². The lowest BCUT2D eigenvalue weighted by Gasteiger charge is -2.21. The molecule has 1 aliphatic rings. The largest absolute Gasteiger partial charge is 0.374 e. The minimum absolute atomic E-state index is 0.00377. The highest BCUT2D eigenvalue weighted by Gasteiger charge is 2.23. The highest BCUT2D eigenvalue weighted by Crippen LogP contribution is 2.23. The first-order valence-corrected chi connectivity index (χ1v) is 6.77. The van der Waals surface area contributed by atoms with E-state index in [1.54, 1.807) is 24.0 Å². The quantitative estimate of drug-likeness (QED) is 0.673. The van der Waals surface area contributed by atoms with Crippen molar-refractivity contribution < 1.29 is 9.72 Å². The minimum Gasteiger partial charge on any atom is -0.374 e. The summed E-state index contributed by atoms with van der Waals surface area (Å²) in [6.07, 6.45) is 2.03. The summed E-state index contributed by atoms with van der Waals surface area (Å²) in [5, 5.41) is 22.7. The van der Waals surface area contributed by atoms with Crippen molar-refractivity contribution in [1.82, 2.24) is 4.90 Å². The van der Waals surface area contributed by atoms with Crippen LogP contribution in [0.25, 0.3) is 0 Å². The highest BCUT2D eigenvalue weighted by molar-refractivity contribution is 5.84. The molecule has 1 atom stereocenters. The van der Waals surface area contributed by atoms with Crippen LogP contribution in [0.2, 0.25) is 0 Å². The van der Waals surface area contributed by atoms with E-state index in [1.165, 1.54) is 12.1 Å². The molecular weight excluding hydrogens is 272 g/mol. The molecular formula is C14H16N4O3. The fraction of sp³-hybridized carbons (Fsp3) is 0.429. The van der Waals surface area contributed by atoms with Crippen LogP contribution in [-0.4, -0.2) is 34.9 Å². The van der Waals surface area contributed by atoms with Crippen LogP contribution >= 0.6 is 0 Å². The number of nitro groups is 1. The van der Waals surface area contributed by atoms with E-state index in [9.17, 15) is 14.9 Å². The molecule has 0 radical (unpaired) electrons. The third kappa shape index (κ3) is 3.28. The number of nitriles is 1. The molecule has 1 aromatic carbocycles. The van der Waals surface area contributed by atoms with Gasteiger partial charge < -0.3 is 10.2 Å². The van der Waals surface area contributed by atoms with Gasteiger partial charge in [0.2, 0.25) is 5.91 Å². The zero-order valence-electron chi connectivity index (χ0n) is 11.7. The van der Waals surface area contributed by atoms with E-state index in [-0.39, 0.29) is 17.2 Å². The van der Waals surface area contributed by atoms with Gasteiger partial charge in [-0.05, 0) is 31.9 Å². The Balaban J connectivity index is 2.12. The number of carbonyl (C=O) groups excluding carboxylic acids is 1. The molecule has 0 spiro atoms. The van der Waals surface area contributed by atoms with Crippen LogP contribution in [0.15, 0.2) is 18.2 Å². The summed E-state index contributed by atoms with van der Waals surface area (Å²) in [5.41, 5.74) is 0.202. The van der Waals surface area contributed by atoms with Crippen LogP contribution in [0.4, 0.5) is 11.4 Å². The highest BCUT2D eigenvalue weighted by atomic mass is 16.6. The molecule has 0 saturated carbocycles. The van der Waals surface area contributed by atoms with Crippen LogP contribution in [0.1, 0.15) is 25.3 Å². The van der Waals surface area contributed by atoms with Crippen molar-refractivity contribution in [2.45, 2.75) is 25.8 Å². The molecule has 0 bridgehead atoms. The maximum absolute atomic E-state index is 12.2. The molecule has 2 rings (SSSR count). The Kier molecular flexibility index (Phi) is 4.38. The Hall–Kier alpha value is -2.62. The van der Waals surface area contributed by atoms with Crippen molar-refractivity contribution in [3.63, 3.8) is 0 Å². The minimum atomic E-state index is -0.601. The molecule has 1 saturated heterocycles. The van der Waals surface area contributed by atoms with Gasteiger partial charge in [0, 0.05) is 24.8 Å². The van der Waals surface area contributed by atoms with Gasteiger partial charge in [-0.2, -0.15) is 5.26 Å². The van der Waals surface area contributed by atoms with E-state index in [0.29, 0.717) is 5.69 Å². The summed E-state index contributed by atoms with van der Waals surface area (Å²) in [4.78, 5) is 24.3. The number of nitro benzene ring substituents is 1.